The van der Waals surface area contributed by atoms with E-state index in [1.54, 1.807) is 13.2 Å². The molecule has 0 aromatic heterocycles. The minimum absolute atomic E-state index is 0.353. The van der Waals surface area contributed by atoms with E-state index in [0.29, 0.717) is 5.75 Å². The summed E-state index contributed by atoms with van der Waals surface area (Å²) in [5, 5.41) is 8.71. The molecule has 4 nitrogen and oxygen atoms in total. The van der Waals surface area contributed by atoms with Crippen LogP contribution in [0.5, 0.6) is 5.75 Å². The lowest BCUT2D eigenvalue weighted by atomic mass is 10.1. The van der Waals surface area contributed by atoms with Crippen molar-refractivity contribution in [1.82, 2.24) is 0 Å². The molecule has 0 radical (unpaired) electrons. The van der Waals surface area contributed by atoms with Crippen LogP contribution in [0.25, 0.3) is 0 Å². The van der Waals surface area contributed by atoms with Gasteiger partial charge in [-0.3, -0.25) is 0 Å². The molecule has 1 heterocycles. The van der Waals surface area contributed by atoms with Gasteiger partial charge in [0, 0.05) is 4.47 Å². The molecule has 2 unspecified atom stereocenters. The van der Waals surface area contributed by atoms with Crippen LogP contribution in [-0.2, 0) is 9.53 Å². The van der Waals surface area contributed by atoms with Crippen molar-refractivity contribution in [3.05, 3.63) is 28.2 Å². The Kier molecular flexibility index (Phi) is 2.67. The molecule has 1 aromatic rings. The number of halogens is 1. The Bertz CT molecular complexity index is 404. The normalized spacial score (nSPS) is 23.6. The van der Waals surface area contributed by atoms with Gasteiger partial charge in [-0.15, -0.1) is 0 Å². The third-order valence-electron chi connectivity index (χ3n) is 2.19. The van der Waals surface area contributed by atoms with Crippen molar-refractivity contribution in [2.24, 2.45) is 0 Å². The van der Waals surface area contributed by atoms with Gasteiger partial charge >= 0.3 is 5.97 Å². The summed E-state index contributed by atoms with van der Waals surface area (Å²) in [6, 6.07) is 5.41. The second kappa shape index (κ2) is 3.83. The molecule has 1 fully saturated rings. The standard InChI is InChI=1S/C10H9BrO4/c1-14-7-3-5(2-6(11)4-7)8-9(15-8)10(12)13/h2-4,8-9H,1H3,(H,12,13). The number of aliphatic carboxylic acids is 1. The van der Waals surface area contributed by atoms with Gasteiger partial charge in [0.2, 0.25) is 0 Å². The Morgan fingerprint density at radius 3 is 2.80 bits per heavy atom. The lowest BCUT2D eigenvalue weighted by Crippen LogP contribution is -2.04. The van der Waals surface area contributed by atoms with Crippen molar-refractivity contribution in [2.45, 2.75) is 12.2 Å². The van der Waals surface area contributed by atoms with E-state index in [2.05, 4.69) is 15.9 Å². The van der Waals surface area contributed by atoms with Gasteiger partial charge < -0.3 is 14.6 Å². The highest BCUT2D eigenvalue weighted by atomic mass is 79.9. The summed E-state index contributed by atoms with van der Waals surface area (Å²) in [5.41, 5.74) is 0.814. The first kappa shape index (κ1) is 10.4. The zero-order valence-corrected chi connectivity index (χ0v) is 9.52. The lowest BCUT2D eigenvalue weighted by molar-refractivity contribution is -0.138. The van der Waals surface area contributed by atoms with Crippen molar-refractivity contribution in [3.8, 4) is 5.75 Å². The highest BCUT2D eigenvalue weighted by molar-refractivity contribution is 9.10. The molecule has 0 amide bonds. The van der Waals surface area contributed by atoms with Gasteiger partial charge in [0.05, 0.1) is 7.11 Å². The fourth-order valence-electron chi connectivity index (χ4n) is 1.42. The fraction of sp³-hybridized carbons (Fsp3) is 0.300. The van der Waals surface area contributed by atoms with Crippen LogP contribution in [0.1, 0.15) is 11.7 Å². The smallest absolute Gasteiger partial charge is 0.335 e. The Labute approximate surface area is 94.9 Å². The number of carboxylic acid groups (broad SMARTS) is 1. The zero-order chi connectivity index (χ0) is 11.0. The molecule has 1 aliphatic heterocycles. The van der Waals surface area contributed by atoms with Gasteiger partial charge in [-0.05, 0) is 23.8 Å². The number of carboxylic acids is 1. The van der Waals surface area contributed by atoms with E-state index in [9.17, 15) is 4.79 Å². The molecule has 1 N–H and O–H groups in total. The maximum absolute atomic E-state index is 10.6. The largest absolute Gasteiger partial charge is 0.497 e. The Hall–Kier alpha value is -1.07. The summed E-state index contributed by atoms with van der Waals surface area (Å²) >= 11 is 3.32. The van der Waals surface area contributed by atoms with Crippen LogP contribution in [0, 0.1) is 0 Å². The van der Waals surface area contributed by atoms with Gasteiger partial charge in [-0.25, -0.2) is 4.79 Å². The predicted octanol–water partition coefficient (Wildman–Crippen LogP) is 1.98. The topological polar surface area (TPSA) is 59.1 Å². The number of methoxy groups -OCH3 is 1. The maximum atomic E-state index is 10.6. The van der Waals surface area contributed by atoms with Crippen LogP contribution in [0.3, 0.4) is 0 Å². The van der Waals surface area contributed by atoms with Gasteiger partial charge in [0.1, 0.15) is 11.9 Å². The molecule has 0 aliphatic carbocycles. The molecule has 0 spiro atoms. The van der Waals surface area contributed by atoms with Crippen molar-refractivity contribution in [1.29, 1.82) is 0 Å². The van der Waals surface area contributed by atoms with Crippen LogP contribution in [-0.4, -0.2) is 24.3 Å². The number of benzene rings is 1. The molecular formula is C10H9BrO4. The van der Waals surface area contributed by atoms with E-state index in [1.807, 2.05) is 12.1 Å². The third kappa shape index (κ3) is 2.13. The first-order valence-electron chi connectivity index (χ1n) is 4.34. The minimum Gasteiger partial charge on any atom is -0.497 e. The van der Waals surface area contributed by atoms with Gasteiger partial charge in [0.25, 0.3) is 0 Å². The van der Waals surface area contributed by atoms with E-state index in [4.69, 9.17) is 14.6 Å². The number of hydrogen-bond donors (Lipinski definition) is 1. The monoisotopic (exact) mass is 272 g/mol. The summed E-state index contributed by atoms with van der Waals surface area (Å²) in [4.78, 5) is 10.6. The predicted molar refractivity (Wildman–Crippen MR) is 55.9 cm³/mol. The molecule has 1 aromatic carbocycles. The van der Waals surface area contributed by atoms with E-state index >= 15 is 0 Å². The van der Waals surface area contributed by atoms with E-state index in [1.165, 1.54) is 0 Å². The molecule has 2 rings (SSSR count). The van der Waals surface area contributed by atoms with Crippen LogP contribution in [0.15, 0.2) is 22.7 Å². The molecular weight excluding hydrogens is 264 g/mol. The highest BCUT2D eigenvalue weighted by Gasteiger charge is 2.46. The molecule has 2 atom stereocenters. The summed E-state index contributed by atoms with van der Waals surface area (Å²) in [7, 11) is 1.56. The SMILES string of the molecule is COc1cc(Br)cc(C2OC2C(=O)O)c1. The minimum atomic E-state index is -0.932. The molecule has 1 aliphatic rings. The zero-order valence-electron chi connectivity index (χ0n) is 7.94. The number of epoxide rings is 1. The van der Waals surface area contributed by atoms with E-state index < -0.39 is 12.1 Å². The molecule has 80 valence electrons. The number of rotatable bonds is 3. The fourth-order valence-corrected chi connectivity index (χ4v) is 1.91. The van der Waals surface area contributed by atoms with Crippen LogP contribution >= 0.6 is 15.9 Å². The van der Waals surface area contributed by atoms with Crippen molar-refractivity contribution in [3.63, 3.8) is 0 Å². The molecule has 5 heteroatoms. The third-order valence-corrected chi connectivity index (χ3v) is 2.65. The van der Waals surface area contributed by atoms with Gasteiger partial charge in [-0.2, -0.15) is 0 Å². The van der Waals surface area contributed by atoms with E-state index in [0.717, 1.165) is 10.0 Å². The molecule has 0 saturated carbocycles. The van der Waals surface area contributed by atoms with Crippen molar-refractivity contribution >= 4 is 21.9 Å². The van der Waals surface area contributed by atoms with Crippen LogP contribution in [0.4, 0.5) is 0 Å². The highest BCUT2D eigenvalue weighted by Crippen LogP contribution is 2.41. The van der Waals surface area contributed by atoms with Crippen LogP contribution < -0.4 is 4.74 Å². The van der Waals surface area contributed by atoms with E-state index in [-0.39, 0.29) is 6.10 Å². The summed E-state index contributed by atoms with van der Waals surface area (Å²) in [6.07, 6.45) is -1.07. The average molecular weight is 273 g/mol. The average Bonchev–Trinajstić information content (AvgIpc) is 2.96. The quantitative estimate of drug-likeness (QED) is 0.855. The number of ether oxygens (including phenoxy) is 2. The summed E-state index contributed by atoms with van der Waals surface area (Å²) in [5.74, 6) is -0.252. The van der Waals surface area contributed by atoms with Crippen LogP contribution in [0.2, 0.25) is 0 Å². The van der Waals surface area contributed by atoms with Gasteiger partial charge in [-0.1, -0.05) is 15.9 Å². The second-order valence-corrected chi connectivity index (χ2v) is 4.16. The Morgan fingerprint density at radius 1 is 1.53 bits per heavy atom. The Balaban J connectivity index is 2.23. The number of carbonyl (C=O) groups is 1. The number of hydrogen-bond acceptors (Lipinski definition) is 3. The van der Waals surface area contributed by atoms with Crippen molar-refractivity contribution in [2.75, 3.05) is 7.11 Å². The molecule has 15 heavy (non-hydrogen) atoms. The maximum Gasteiger partial charge on any atom is 0.335 e. The lowest BCUT2D eigenvalue weighted by Gasteiger charge is -2.03. The van der Waals surface area contributed by atoms with Gasteiger partial charge in [0.15, 0.2) is 6.10 Å². The summed E-state index contributed by atoms with van der Waals surface area (Å²) in [6.45, 7) is 0. The second-order valence-electron chi connectivity index (χ2n) is 3.24. The first-order valence-corrected chi connectivity index (χ1v) is 5.14. The first-order chi connectivity index (χ1) is 7.11. The van der Waals surface area contributed by atoms with Crippen molar-refractivity contribution < 1.29 is 19.4 Å². The Morgan fingerprint density at radius 2 is 2.27 bits per heavy atom. The molecule has 0 bridgehead atoms. The summed E-state index contributed by atoms with van der Waals surface area (Å²) < 4.78 is 11.0. The molecule has 1 saturated heterocycles.